The topological polar surface area (TPSA) is 56.6 Å². The summed E-state index contributed by atoms with van der Waals surface area (Å²) in [4.78, 5) is 14.5. The summed E-state index contributed by atoms with van der Waals surface area (Å²) in [6.45, 7) is 5.86. The summed E-state index contributed by atoms with van der Waals surface area (Å²) in [5.41, 5.74) is 4.66. The number of nitriles is 1. The van der Waals surface area contributed by atoms with Gasteiger partial charge in [-0.05, 0) is 55.2 Å². The van der Waals surface area contributed by atoms with Gasteiger partial charge in [0.15, 0.2) is 0 Å². The maximum atomic E-state index is 11.7. The predicted octanol–water partition coefficient (Wildman–Crippen LogP) is 2.84. The number of hydrogen-bond donors (Lipinski definition) is 1. The Morgan fingerprint density at radius 3 is 2.33 bits per heavy atom. The van der Waals surface area contributed by atoms with E-state index < -0.39 is 0 Å². The molecule has 1 heterocycles. The number of benzene rings is 1. The van der Waals surface area contributed by atoms with Crippen molar-refractivity contribution in [2.24, 2.45) is 0 Å². The van der Waals surface area contributed by atoms with E-state index in [4.69, 9.17) is 5.26 Å². The fraction of sp³-hybridized carbons (Fsp3) is 0.200. The average molecular weight is 238 g/mol. The number of nitrogens with zero attached hydrogens (tertiary/aromatic N) is 1. The summed E-state index contributed by atoms with van der Waals surface area (Å²) in [5.74, 6) is 0. The quantitative estimate of drug-likeness (QED) is 0.830. The number of H-pyrrole nitrogens is 1. The van der Waals surface area contributed by atoms with Gasteiger partial charge in [0.05, 0.1) is 0 Å². The summed E-state index contributed by atoms with van der Waals surface area (Å²) in [6, 6.07) is 9.79. The number of aromatic nitrogens is 1. The lowest BCUT2D eigenvalue weighted by Gasteiger charge is -2.07. The monoisotopic (exact) mass is 238 g/mol. The highest BCUT2D eigenvalue weighted by Gasteiger charge is 2.07. The zero-order chi connectivity index (χ0) is 13.3. The Bertz CT molecular complexity index is 705. The third-order valence-electron chi connectivity index (χ3n) is 3.16. The normalized spacial score (nSPS) is 10.1. The molecule has 0 radical (unpaired) electrons. The van der Waals surface area contributed by atoms with Crippen LogP contribution in [0.5, 0.6) is 0 Å². The molecule has 3 heteroatoms. The first kappa shape index (κ1) is 12.1. The number of rotatable bonds is 1. The van der Waals surface area contributed by atoms with Gasteiger partial charge in [-0.1, -0.05) is 12.1 Å². The van der Waals surface area contributed by atoms with Gasteiger partial charge in [0, 0.05) is 5.69 Å². The molecule has 0 spiro atoms. The molecule has 3 nitrogen and oxygen atoms in total. The second-order valence-corrected chi connectivity index (χ2v) is 4.48. The van der Waals surface area contributed by atoms with Gasteiger partial charge in [-0.2, -0.15) is 5.26 Å². The lowest BCUT2D eigenvalue weighted by molar-refractivity contribution is 1.18. The maximum absolute atomic E-state index is 11.7. The molecular weight excluding hydrogens is 224 g/mol. The van der Waals surface area contributed by atoms with Gasteiger partial charge >= 0.3 is 0 Å². The molecule has 18 heavy (non-hydrogen) atoms. The van der Waals surface area contributed by atoms with Crippen LogP contribution in [-0.2, 0) is 0 Å². The van der Waals surface area contributed by atoms with E-state index in [0.717, 1.165) is 11.3 Å². The molecule has 0 unspecified atom stereocenters. The van der Waals surface area contributed by atoms with Gasteiger partial charge in [-0.15, -0.1) is 0 Å². The number of aromatic amines is 1. The van der Waals surface area contributed by atoms with E-state index in [0.29, 0.717) is 5.56 Å². The maximum Gasteiger partial charge on any atom is 0.266 e. The van der Waals surface area contributed by atoms with Crippen molar-refractivity contribution in [2.45, 2.75) is 20.8 Å². The van der Waals surface area contributed by atoms with E-state index in [1.807, 2.05) is 44.2 Å². The van der Waals surface area contributed by atoms with Gasteiger partial charge in [0.25, 0.3) is 5.56 Å². The van der Waals surface area contributed by atoms with E-state index in [2.05, 4.69) is 4.98 Å². The van der Waals surface area contributed by atoms with E-state index >= 15 is 0 Å². The zero-order valence-corrected chi connectivity index (χ0v) is 10.7. The van der Waals surface area contributed by atoms with Crippen molar-refractivity contribution in [1.82, 2.24) is 4.98 Å². The second kappa shape index (κ2) is 4.50. The van der Waals surface area contributed by atoms with Gasteiger partial charge in [0.2, 0.25) is 0 Å². The Morgan fingerprint density at radius 2 is 1.78 bits per heavy atom. The minimum absolute atomic E-state index is 0.183. The molecule has 0 aliphatic heterocycles. The van der Waals surface area contributed by atoms with Crippen LogP contribution in [-0.4, -0.2) is 4.98 Å². The molecule has 0 saturated carbocycles. The van der Waals surface area contributed by atoms with E-state index in [-0.39, 0.29) is 11.1 Å². The molecule has 2 rings (SSSR count). The minimum atomic E-state index is -0.328. The minimum Gasteiger partial charge on any atom is -0.321 e. The van der Waals surface area contributed by atoms with Crippen LogP contribution in [0, 0.1) is 32.1 Å². The van der Waals surface area contributed by atoms with Crippen LogP contribution >= 0.6 is 0 Å². The molecule has 0 saturated heterocycles. The molecule has 1 N–H and O–H groups in total. The molecule has 0 fully saturated rings. The SMILES string of the molecule is Cc1ccc(-c2cc(C)c(C#N)c(=O)[nH]2)cc1C. The highest BCUT2D eigenvalue weighted by molar-refractivity contribution is 5.62. The first-order valence-corrected chi connectivity index (χ1v) is 5.74. The molecule has 0 aliphatic carbocycles. The third kappa shape index (κ3) is 2.05. The Labute approximate surface area is 106 Å². The molecule has 90 valence electrons. The van der Waals surface area contributed by atoms with Crippen molar-refractivity contribution in [3.8, 4) is 17.3 Å². The fourth-order valence-corrected chi connectivity index (χ4v) is 1.89. The summed E-state index contributed by atoms with van der Waals surface area (Å²) < 4.78 is 0. The van der Waals surface area contributed by atoms with Gasteiger partial charge in [0.1, 0.15) is 11.6 Å². The number of pyridine rings is 1. The Hall–Kier alpha value is -2.34. The smallest absolute Gasteiger partial charge is 0.266 e. The van der Waals surface area contributed by atoms with Crippen LogP contribution in [0.1, 0.15) is 22.3 Å². The number of nitrogens with one attached hydrogen (secondary N) is 1. The third-order valence-corrected chi connectivity index (χ3v) is 3.16. The Balaban J connectivity index is 2.63. The lowest BCUT2D eigenvalue weighted by atomic mass is 10.0. The van der Waals surface area contributed by atoms with Crippen molar-refractivity contribution < 1.29 is 0 Å². The van der Waals surface area contributed by atoms with Crippen molar-refractivity contribution in [2.75, 3.05) is 0 Å². The van der Waals surface area contributed by atoms with Crippen LogP contribution in [0.25, 0.3) is 11.3 Å². The van der Waals surface area contributed by atoms with Crippen LogP contribution in [0.4, 0.5) is 0 Å². The molecule has 0 bridgehead atoms. The predicted molar refractivity (Wildman–Crippen MR) is 71.4 cm³/mol. The van der Waals surface area contributed by atoms with Crippen molar-refractivity contribution >= 4 is 0 Å². The highest BCUT2D eigenvalue weighted by atomic mass is 16.1. The Morgan fingerprint density at radius 1 is 1.06 bits per heavy atom. The summed E-state index contributed by atoms with van der Waals surface area (Å²) in [5, 5.41) is 8.87. The largest absolute Gasteiger partial charge is 0.321 e. The van der Waals surface area contributed by atoms with Crippen LogP contribution in [0.15, 0.2) is 29.1 Å². The van der Waals surface area contributed by atoms with E-state index in [1.165, 1.54) is 11.1 Å². The van der Waals surface area contributed by atoms with Crippen molar-refractivity contribution in [3.63, 3.8) is 0 Å². The Kier molecular flexibility index (Phi) is 3.03. The lowest BCUT2D eigenvalue weighted by Crippen LogP contribution is -2.12. The standard InChI is InChI=1S/C15H14N2O/c1-9-4-5-12(6-10(9)2)14-7-11(3)13(8-16)15(18)17-14/h4-7H,1-3H3,(H,17,18). The van der Waals surface area contributed by atoms with Gasteiger partial charge in [-0.25, -0.2) is 0 Å². The van der Waals surface area contributed by atoms with Crippen molar-refractivity contribution in [3.05, 3.63) is 56.9 Å². The number of aryl methyl sites for hydroxylation is 3. The molecular formula is C15H14N2O. The molecule has 0 aliphatic rings. The zero-order valence-electron chi connectivity index (χ0n) is 10.7. The van der Waals surface area contributed by atoms with Crippen LogP contribution in [0.3, 0.4) is 0 Å². The summed E-state index contributed by atoms with van der Waals surface area (Å²) in [7, 11) is 0. The average Bonchev–Trinajstić information content (AvgIpc) is 2.32. The first-order chi connectivity index (χ1) is 8.52. The fourth-order valence-electron chi connectivity index (χ4n) is 1.89. The molecule has 1 aromatic heterocycles. The molecule has 0 atom stereocenters. The van der Waals surface area contributed by atoms with Crippen LogP contribution < -0.4 is 5.56 Å². The first-order valence-electron chi connectivity index (χ1n) is 5.74. The molecule has 0 amide bonds. The highest BCUT2D eigenvalue weighted by Crippen LogP contribution is 2.20. The number of hydrogen-bond acceptors (Lipinski definition) is 2. The molecule has 2 aromatic rings. The second-order valence-electron chi connectivity index (χ2n) is 4.48. The van der Waals surface area contributed by atoms with Gasteiger partial charge < -0.3 is 4.98 Å². The summed E-state index contributed by atoms with van der Waals surface area (Å²) in [6.07, 6.45) is 0. The van der Waals surface area contributed by atoms with Crippen molar-refractivity contribution in [1.29, 1.82) is 5.26 Å². The van der Waals surface area contributed by atoms with Crippen LogP contribution in [0.2, 0.25) is 0 Å². The molecule has 1 aromatic carbocycles. The van der Waals surface area contributed by atoms with E-state index in [9.17, 15) is 4.79 Å². The van der Waals surface area contributed by atoms with E-state index in [1.54, 1.807) is 6.92 Å². The van der Waals surface area contributed by atoms with Gasteiger partial charge in [-0.3, -0.25) is 4.79 Å². The summed E-state index contributed by atoms with van der Waals surface area (Å²) >= 11 is 0.